The topological polar surface area (TPSA) is 130 Å². The number of amides is 2. The van der Waals surface area contributed by atoms with E-state index in [0.717, 1.165) is 47.7 Å². The quantitative estimate of drug-likeness (QED) is 0.221. The fourth-order valence-corrected chi connectivity index (χ4v) is 5.45. The van der Waals surface area contributed by atoms with E-state index in [-0.39, 0.29) is 17.4 Å². The second kappa shape index (κ2) is 11.3. The van der Waals surface area contributed by atoms with Gasteiger partial charge in [-0.1, -0.05) is 31.2 Å². The Morgan fingerprint density at radius 1 is 1.07 bits per heavy atom. The van der Waals surface area contributed by atoms with Crippen LogP contribution in [0.25, 0.3) is 22.0 Å². The van der Waals surface area contributed by atoms with Crippen molar-refractivity contribution in [2.45, 2.75) is 52.0 Å². The van der Waals surface area contributed by atoms with Gasteiger partial charge in [-0.2, -0.15) is 0 Å². The molecule has 4 aromatic rings. The van der Waals surface area contributed by atoms with Crippen molar-refractivity contribution in [1.29, 1.82) is 0 Å². The van der Waals surface area contributed by atoms with Gasteiger partial charge in [-0.15, -0.1) is 0 Å². The Morgan fingerprint density at radius 2 is 1.93 bits per heavy atom. The molecular weight excluding hydrogens is 532 g/mol. The van der Waals surface area contributed by atoms with E-state index in [4.69, 9.17) is 9.72 Å². The highest BCUT2D eigenvalue weighted by Crippen LogP contribution is 2.48. The van der Waals surface area contributed by atoms with Crippen LogP contribution in [0.15, 0.2) is 60.9 Å². The van der Waals surface area contributed by atoms with Crippen LogP contribution >= 0.6 is 0 Å². The van der Waals surface area contributed by atoms with Crippen LogP contribution in [0.1, 0.15) is 44.6 Å². The summed E-state index contributed by atoms with van der Waals surface area (Å²) in [6.07, 6.45) is 6.73. The minimum absolute atomic E-state index is 0.0228. The zero-order chi connectivity index (χ0) is 29.3. The van der Waals surface area contributed by atoms with Crippen LogP contribution in [0.3, 0.4) is 0 Å². The number of carbonyl (C=O) groups is 2. The molecule has 1 atom stereocenters. The van der Waals surface area contributed by atoms with E-state index in [0.29, 0.717) is 48.3 Å². The predicted molar refractivity (Wildman–Crippen MR) is 161 cm³/mol. The monoisotopic (exact) mass is 566 g/mol. The number of carbonyl (C=O) groups excluding carboxylic acids is 1. The highest BCUT2D eigenvalue weighted by molar-refractivity contribution is 6.04. The molecule has 0 bridgehead atoms. The maximum absolute atomic E-state index is 12.8. The lowest BCUT2D eigenvalue weighted by atomic mass is 10.0. The molecule has 0 radical (unpaired) electrons. The molecule has 2 aromatic heterocycles. The van der Waals surface area contributed by atoms with Crippen LogP contribution in [0.5, 0.6) is 11.6 Å². The molecule has 2 aromatic carbocycles. The summed E-state index contributed by atoms with van der Waals surface area (Å²) < 4.78 is 6.51. The SMILES string of the molecule is Cc1ccc2c(NC(=O)CC3(C)CC3)cccc2c1Oc1ncccc1-c1ccnc(NC2CCCN(C(=O)O)C2)n1. The number of piperidine rings is 1. The van der Waals surface area contributed by atoms with Crippen LogP contribution in [0, 0.1) is 12.3 Å². The second-order valence-corrected chi connectivity index (χ2v) is 11.6. The van der Waals surface area contributed by atoms with Crippen molar-refractivity contribution in [3.8, 4) is 22.9 Å². The van der Waals surface area contributed by atoms with Gasteiger partial charge in [0.25, 0.3) is 0 Å². The zero-order valence-corrected chi connectivity index (χ0v) is 23.8. The summed E-state index contributed by atoms with van der Waals surface area (Å²) in [5, 5.41) is 17.5. The summed E-state index contributed by atoms with van der Waals surface area (Å²) >= 11 is 0. The first-order valence-electron chi connectivity index (χ1n) is 14.3. The van der Waals surface area contributed by atoms with Gasteiger partial charge in [0.1, 0.15) is 5.75 Å². The normalized spacial score (nSPS) is 17.5. The molecule has 2 amide bonds. The molecule has 1 aliphatic heterocycles. The van der Waals surface area contributed by atoms with E-state index in [2.05, 4.69) is 27.5 Å². The van der Waals surface area contributed by atoms with E-state index < -0.39 is 6.09 Å². The third-order valence-electron chi connectivity index (χ3n) is 8.10. The number of nitrogens with zero attached hydrogens (tertiary/aromatic N) is 4. The Bertz CT molecular complexity index is 1650. The summed E-state index contributed by atoms with van der Waals surface area (Å²) in [4.78, 5) is 39.2. The molecule has 3 heterocycles. The fourth-order valence-electron chi connectivity index (χ4n) is 5.45. The molecule has 1 saturated carbocycles. The number of rotatable bonds is 8. The van der Waals surface area contributed by atoms with Gasteiger partial charge < -0.3 is 25.4 Å². The Labute approximate surface area is 244 Å². The Hall–Kier alpha value is -4.73. The summed E-state index contributed by atoms with van der Waals surface area (Å²) in [6.45, 7) is 5.04. The highest BCUT2D eigenvalue weighted by atomic mass is 16.5. The number of pyridine rings is 1. The van der Waals surface area contributed by atoms with Crippen LogP contribution in [-0.2, 0) is 4.79 Å². The van der Waals surface area contributed by atoms with Gasteiger partial charge in [-0.05, 0) is 67.9 Å². The Balaban J connectivity index is 1.27. The number of likely N-dealkylation sites (tertiary alicyclic amines) is 1. The highest BCUT2D eigenvalue weighted by Gasteiger charge is 2.39. The van der Waals surface area contributed by atoms with Crippen molar-refractivity contribution >= 4 is 34.4 Å². The summed E-state index contributed by atoms with van der Waals surface area (Å²) in [6, 6.07) is 15.2. The molecule has 216 valence electrons. The molecule has 10 heteroatoms. The predicted octanol–water partition coefficient (Wildman–Crippen LogP) is 6.48. The Kier molecular flexibility index (Phi) is 7.36. The van der Waals surface area contributed by atoms with E-state index in [9.17, 15) is 14.7 Å². The Morgan fingerprint density at radius 3 is 2.74 bits per heavy atom. The van der Waals surface area contributed by atoms with Crippen molar-refractivity contribution in [3.63, 3.8) is 0 Å². The lowest BCUT2D eigenvalue weighted by Gasteiger charge is -2.31. The summed E-state index contributed by atoms with van der Waals surface area (Å²) in [7, 11) is 0. The van der Waals surface area contributed by atoms with Crippen molar-refractivity contribution in [1.82, 2.24) is 19.9 Å². The van der Waals surface area contributed by atoms with E-state index in [1.807, 2.05) is 49.4 Å². The number of aromatic nitrogens is 3. The molecule has 1 saturated heterocycles. The van der Waals surface area contributed by atoms with E-state index in [1.54, 1.807) is 18.5 Å². The smallest absolute Gasteiger partial charge is 0.407 e. The standard InChI is InChI=1S/C32H34N6O4/c1-20-10-11-22-23(7-3-9-25(22)36-27(39)18-32(2)13-14-32)28(20)42-29-24(8-4-15-33-29)26-12-16-34-30(37-26)35-21-6-5-17-38(19-21)31(40)41/h3-4,7-12,15-16,21H,5-6,13-14,17-19H2,1-2H3,(H,36,39)(H,40,41)(H,34,35,37). The molecule has 6 rings (SSSR count). The molecule has 3 N–H and O–H groups in total. The number of hydrogen-bond acceptors (Lipinski definition) is 7. The van der Waals surface area contributed by atoms with Crippen LogP contribution in [-0.4, -0.2) is 56.1 Å². The minimum atomic E-state index is -0.917. The molecule has 0 spiro atoms. The number of aryl methyl sites for hydroxylation is 1. The number of carboxylic acid groups (broad SMARTS) is 1. The number of fused-ring (bicyclic) bond motifs is 1. The molecule has 42 heavy (non-hydrogen) atoms. The number of ether oxygens (including phenoxy) is 1. The number of nitrogens with one attached hydrogen (secondary N) is 2. The van der Waals surface area contributed by atoms with Gasteiger partial charge in [0.05, 0.1) is 11.3 Å². The molecular formula is C32H34N6O4. The second-order valence-electron chi connectivity index (χ2n) is 11.6. The molecule has 1 aliphatic carbocycles. The van der Waals surface area contributed by atoms with Crippen LogP contribution in [0.4, 0.5) is 16.4 Å². The number of hydrogen-bond donors (Lipinski definition) is 3. The lowest BCUT2D eigenvalue weighted by molar-refractivity contribution is -0.117. The number of benzene rings is 2. The fraction of sp³-hybridized carbons (Fsp3) is 0.344. The van der Waals surface area contributed by atoms with Gasteiger partial charge in [0, 0.05) is 54.4 Å². The van der Waals surface area contributed by atoms with Crippen molar-refractivity contribution in [2.75, 3.05) is 23.7 Å². The third kappa shape index (κ3) is 5.97. The number of anilines is 2. The summed E-state index contributed by atoms with van der Waals surface area (Å²) in [5.41, 5.74) is 3.13. The minimum Gasteiger partial charge on any atom is -0.465 e. The largest absolute Gasteiger partial charge is 0.465 e. The van der Waals surface area contributed by atoms with Crippen molar-refractivity contribution in [3.05, 3.63) is 66.5 Å². The van der Waals surface area contributed by atoms with Crippen LogP contribution < -0.4 is 15.4 Å². The average molecular weight is 567 g/mol. The van der Waals surface area contributed by atoms with Gasteiger partial charge in [-0.25, -0.2) is 19.7 Å². The first-order valence-corrected chi connectivity index (χ1v) is 14.3. The lowest BCUT2D eigenvalue weighted by Crippen LogP contribution is -2.44. The van der Waals surface area contributed by atoms with Gasteiger partial charge >= 0.3 is 6.09 Å². The summed E-state index contributed by atoms with van der Waals surface area (Å²) in [5.74, 6) is 1.49. The van der Waals surface area contributed by atoms with Gasteiger partial charge in [0.15, 0.2) is 0 Å². The molecule has 2 aliphatic rings. The van der Waals surface area contributed by atoms with Gasteiger partial charge in [-0.3, -0.25) is 4.79 Å². The van der Waals surface area contributed by atoms with E-state index in [1.165, 1.54) is 4.90 Å². The van der Waals surface area contributed by atoms with E-state index >= 15 is 0 Å². The first-order chi connectivity index (χ1) is 20.3. The molecule has 1 unspecified atom stereocenters. The average Bonchev–Trinajstić information content (AvgIpc) is 3.71. The van der Waals surface area contributed by atoms with Crippen molar-refractivity contribution in [2.24, 2.45) is 5.41 Å². The van der Waals surface area contributed by atoms with Gasteiger partial charge in [0.2, 0.25) is 17.7 Å². The van der Waals surface area contributed by atoms with Crippen molar-refractivity contribution < 1.29 is 19.4 Å². The first kappa shape index (κ1) is 27.4. The third-order valence-corrected chi connectivity index (χ3v) is 8.10. The molecule has 10 nitrogen and oxygen atoms in total. The van der Waals surface area contributed by atoms with Crippen LogP contribution in [0.2, 0.25) is 0 Å². The maximum atomic E-state index is 12.8. The zero-order valence-electron chi connectivity index (χ0n) is 23.8. The maximum Gasteiger partial charge on any atom is 0.407 e. The molecule has 2 fully saturated rings.